The molecule has 1 aliphatic rings. The van der Waals surface area contributed by atoms with Crippen LogP contribution in [0.3, 0.4) is 0 Å². The number of thiophene rings is 1. The third-order valence-electron chi connectivity index (χ3n) is 3.32. The van der Waals surface area contributed by atoms with Crippen LogP contribution < -0.4 is 10.6 Å². The molecule has 0 aromatic carbocycles. The van der Waals surface area contributed by atoms with Crippen LogP contribution in [0.5, 0.6) is 0 Å². The molecular weight excluding hydrogens is 306 g/mol. The minimum Gasteiger partial charge on any atom is -0.465 e. The number of carbonyl (C=O) groups excluding carboxylic acids is 2. The quantitative estimate of drug-likeness (QED) is 0.609. The molecule has 0 atom stereocenters. The van der Waals surface area contributed by atoms with Crippen LogP contribution in [0.25, 0.3) is 0 Å². The van der Waals surface area contributed by atoms with Gasteiger partial charge in [0.1, 0.15) is 4.88 Å². The molecule has 2 N–H and O–H groups in total. The average molecular weight is 327 g/mol. The molecule has 2 amide bonds. The van der Waals surface area contributed by atoms with Crippen LogP contribution in [0.1, 0.15) is 16.1 Å². The van der Waals surface area contributed by atoms with E-state index in [4.69, 9.17) is 4.74 Å². The first-order chi connectivity index (χ1) is 10.7. The molecule has 0 aliphatic carbocycles. The van der Waals surface area contributed by atoms with Crippen molar-refractivity contribution in [1.29, 1.82) is 0 Å². The zero-order chi connectivity index (χ0) is 15.8. The number of hydrogen-bond acceptors (Lipinski definition) is 6. The molecule has 1 aromatic heterocycles. The van der Waals surface area contributed by atoms with E-state index in [9.17, 15) is 9.59 Å². The van der Waals surface area contributed by atoms with Crippen LogP contribution in [-0.2, 0) is 9.47 Å². The van der Waals surface area contributed by atoms with Crippen LogP contribution in [0.2, 0.25) is 0 Å². The van der Waals surface area contributed by atoms with Gasteiger partial charge in [-0.1, -0.05) is 0 Å². The monoisotopic (exact) mass is 327 g/mol. The first kappa shape index (κ1) is 16.7. The summed E-state index contributed by atoms with van der Waals surface area (Å²) in [6, 6.07) is 1.37. The first-order valence-electron chi connectivity index (χ1n) is 7.21. The third kappa shape index (κ3) is 4.97. The maximum absolute atomic E-state index is 11.8. The van der Waals surface area contributed by atoms with Gasteiger partial charge in [-0.2, -0.15) is 0 Å². The van der Waals surface area contributed by atoms with Gasteiger partial charge in [-0.05, 0) is 24.4 Å². The number of hydrogen-bond donors (Lipinski definition) is 2. The van der Waals surface area contributed by atoms with Gasteiger partial charge in [0.05, 0.1) is 26.0 Å². The van der Waals surface area contributed by atoms with Crippen molar-refractivity contribution in [2.24, 2.45) is 0 Å². The predicted molar refractivity (Wildman–Crippen MR) is 84.6 cm³/mol. The highest BCUT2D eigenvalue weighted by molar-refractivity contribution is 7.12. The molecular formula is C14H21N3O4S. The zero-order valence-corrected chi connectivity index (χ0v) is 13.4. The molecule has 1 aliphatic heterocycles. The van der Waals surface area contributed by atoms with Gasteiger partial charge < -0.3 is 20.1 Å². The summed E-state index contributed by atoms with van der Waals surface area (Å²) in [4.78, 5) is 26.0. The smallest absolute Gasteiger partial charge is 0.350 e. The standard InChI is InChI=1S/C14H21N3O4S/c1-20-13(18)12-11(3-10-22-12)16-14(19)15-4-2-5-17-6-8-21-9-7-17/h3,10H,2,4-9H2,1H3,(H2,15,16,19). The minimum absolute atomic E-state index is 0.314. The summed E-state index contributed by atoms with van der Waals surface area (Å²) in [5.41, 5.74) is 0.475. The normalized spacial score (nSPS) is 15.3. The Kier molecular flexibility index (Phi) is 6.63. The van der Waals surface area contributed by atoms with Crippen LogP contribution in [0, 0.1) is 0 Å². The predicted octanol–water partition coefficient (Wildman–Crippen LogP) is 1.38. The molecule has 0 unspecified atom stereocenters. The Morgan fingerprint density at radius 1 is 1.41 bits per heavy atom. The Hall–Kier alpha value is -1.64. The van der Waals surface area contributed by atoms with E-state index in [1.807, 2.05) is 0 Å². The zero-order valence-electron chi connectivity index (χ0n) is 12.6. The number of nitrogens with one attached hydrogen (secondary N) is 2. The van der Waals surface area contributed by atoms with Crippen LogP contribution >= 0.6 is 11.3 Å². The molecule has 2 rings (SSSR count). The Morgan fingerprint density at radius 2 is 2.18 bits per heavy atom. The molecule has 122 valence electrons. The second-order valence-corrected chi connectivity index (χ2v) is 5.76. The Bertz CT molecular complexity index is 500. The van der Waals surface area contributed by atoms with Gasteiger partial charge >= 0.3 is 12.0 Å². The lowest BCUT2D eigenvalue weighted by Gasteiger charge is -2.26. The Morgan fingerprint density at radius 3 is 2.91 bits per heavy atom. The summed E-state index contributed by atoms with van der Waals surface area (Å²) in [6.07, 6.45) is 0.876. The second-order valence-electron chi connectivity index (χ2n) is 4.84. The van der Waals surface area contributed by atoms with Crippen molar-refractivity contribution in [3.8, 4) is 0 Å². The van der Waals surface area contributed by atoms with Crippen molar-refractivity contribution in [2.45, 2.75) is 6.42 Å². The average Bonchev–Trinajstić information content (AvgIpc) is 3.00. The number of carbonyl (C=O) groups is 2. The number of esters is 1. The number of rotatable bonds is 6. The lowest BCUT2D eigenvalue weighted by molar-refractivity contribution is 0.0375. The van der Waals surface area contributed by atoms with Crippen molar-refractivity contribution >= 4 is 29.0 Å². The molecule has 22 heavy (non-hydrogen) atoms. The number of ether oxygens (including phenoxy) is 2. The summed E-state index contributed by atoms with van der Waals surface area (Å²) in [5, 5.41) is 7.20. The Labute approximate surface area is 133 Å². The Balaban J connectivity index is 1.67. The number of anilines is 1. The highest BCUT2D eigenvalue weighted by atomic mass is 32.1. The minimum atomic E-state index is -0.447. The van der Waals surface area contributed by atoms with E-state index in [-0.39, 0.29) is 6.03 Å². The van der Waals surface area contributed by atoms with E-state index >= 15 is 0 Å². The second kappa shape index (κ2) is 8.72. The number of amides is 2. The van der Waals surface area contributed by atoms with Crippen molar-refractivity contribution in [3.05, 3.63) is 16.3 Å². The van der Waals surface area contributed by atoms with Crippen LogP contribution in [0.4, 0.5) is 10.5 Å². The van der Waals surface area contributed by atoms with Crippen LogP contribution in [0.15, 0.2) is 11.4 Å². The van der Waals surface area contributed by atoms with E-state index in [1.165, 1.54) is 18.4 Å². The fourth-order valence-electron chi connectivity index (χ4n) is 2.15. The largest absolute Gasteiger partial charge is 0.465 e. The molecule has 1 fully saturated rings. The molecule has 2 heterocycles. The van der Waals surface area contributed by atoms with Crippen molar-refractivity contribution in [3.63, 3.8) is 0 Å². The van der Waals surface area contributed by atoms with Gasteiger partial charge in [0.2, 0.25) is 0 Å². The fourth-order valence-corrected chi connectivity index (χ4v) is 2.92. The van der Waals surface area contributed by atoms with Gasteiger partial charge in [-0.3, -0.25) is 4.90 Å². The van der Waals surface area contributed by atoms with Crippen LogP contribution in [-0.4, -0.2) is 63.4 Å². The number of morpholine rings is 1. The summed E-state index contributed by atoms with van der Waals surface area (Å²) in [7, 11) is 1.32. The van der Waals surface area contributed by atoms with Gasteiger partial charge in [-0.25, -0.2) is 9.59 Å². The lowest BCUT2D eigenvalue weighted by atomic mass is 10.3. The van der Waals surface area contributed by atoms with Gasteiger partial charge in [0, 0.05) is 19.6 Å². The fraction of sp³-hybridized carbons (Fsp3) is 0.571. The SMILES string of the molecule is COC(=O)c1sccc1NC(=O)NCCCN1CCOCC1. The van der Waals surface area contributed by atoms with Crippen molar-refractivity contribution in [2.75, 3.05) is 51.8 Å². The van der Waals surface area contributed by atoms with Crippen molar-refractivity contribution in [1.82, 2.24) is 10.2 Å². The van der Waals surface area contributed by atoms with Gasteiger partial charge in [0.25, 0.3) is 0 Å². The number of methoxy groups -OCH3 is 1. The van der Waals surface area contributed by atoms with Gasteiger partial charge in [0.15, 0.2) is 0 Å². The van der Waals surface area contributed by atoms with E-state index in [1.54, 1.807) is 11.4 Å². The van der Waals surface area contributed by atoms with Gasteiger partial charge in [-0.15, -0.1) is 11.3 Å². The molecule has 1 saturated heterocycles. The van der Waals surface area contributed by atoms with E-state index in [0.717, 1.165) is 39.3 Å². The molecule has 0 saturated carbocycles. The summed E-state index contributed by atoms with van der Waals surface area (Å²) in [6.45, 7) is 4.98. The first-order valence-corrected chi connectivity index (χ1v) is 8.09. The summed E-state index contributed by atoms with van der Waals surface area (Å²) < 4.78 is 9.95. The molecule has 8 heteroatoms. The van der Waals surface area contributed by atoms with E-state index < -0.39 is 5.97 Å². The molecule has 0 radical (unpaired) electrons. The molecule has 0 spiro atoms. The highest BCUT2D eigenvalue weighted by Crippen LogP contribution is 2.22. The number of nitrogens with zero attached hydrogens (tertiary/aromatic N) is 1. The highest BCUT2D eigenvalue weighted by Gasteiger charge is 2.15. The maximum atomic E-state index is 11.8. The maximum Gasteiger partial charge on any atom is 0.350 e. The lowest BCUT2D eigenvalue weighted by Crippen LogP contribution is -2.38. The molecule has 7 nitrogen and oxygen atoms in total. The molecule has 1 aromatic rings. The number of urea groups is 1. The third-order valence-corrected chi connectivity index (χ3v) is 4.22. The summed E-state index contributed by atoms with van der Waals surface area (Å²) >= 11 is 1.24. The van der Waals surface area contributed by atoms with E-state index in [2.05, 4.69) is 20.3 Å². The van der Waals surface area contributed by atoms with Crippen molar-refractivity contribution < 1.29 is 19.1 Å². The molecule has 0 bridgehead atoms. The topological polar surface area (TPSA) is 79.9 Å². The van der Waals surface area contributed by atoms with E-state index in [0.29, 0.717) is 17.1 Å². The summed E-state index contributed by atoms with van der Waals surface area (Å²) in [5.74, 6) is -0.447.